The number of benzene rings is 1. The summed E-state index contributed by atoms with van der Waals surface area (Å²) >= 11 is 0. The molecule has 1 heterocycles. The first-order chi connectivity index (χ1) is 10.3. The zero-order chi connectivity index (χ0) is 16.3. The van der Waals surface area contributed by atoms with E-state index in [-0.39, 0.29) is 11.8 Å². The summed E-state index contributed by atoms with van der Waals surface area (Å²) in [6.45, 7) is 0.311. The van der Waals surface area contributed by atoms with Crippen molar-refractivity contribution in [1.82, 2.24) is 0 Å². The van der Waals surface area contributed by atoms with E-state index in [1.807, 2.05) is 0 Å². The second kappa shape index (κ2) is 6.67. The molecule has 0 spiro atoms. The lowest BCUT2D eigenvalue weighted by Crippen LogP contribution is -2.29. The summed E-state index contributed by atoms with van der Waals surface area (Å²) < 4.78 is 53.2. The molecule has 3 N–H and O–H groups in total. The number of ether oxygens (including phenoxy) is 1. The summed E-state index contributed by atoms with van der Waals surface area (Å²) in [6, 6.07) is 4.74. The monoisotopic (exact) mass is 334 g/mol. The number of hydrogen-bond acceptors (Lipinski definition) is 5. The minimum atomic E-state index is -4.70. The van der Waals surface area contributed by atoms with E-state index in [2.05, 4.69) is 5.32 Å². The summed E-state index contributed by atoms with van der Waals surface area (Å²) in [7, 11) is -4.70. The number of amides is 1. The van der Waals surface area contributed by atoms with Crippen molar-refractivity contribution in [3.8, 4) is 0 Å². The summed E-state index contributed by atoms with van der Waals surface area (Å²) in [4.78, 5) is 11.4. The minimum Gasteiger partial charge on any atom is -0.364 e. The standard InChI is InChI=1S/C13H16F2N2O4S/c14-13(15)22(19,20)10-3-1-2-8(6-10)17-12(18)11-5-4-9(7-16)21-11/h1-3,6,9,11,13H,4-5,7,16H2,(H,17,18)/t9-,11+/m1/s1. The van der Waals surface area contributed by atoms with Crippen molar-refractivity contribution in [1.29, 1.82) is 0 Å². The van der Waals surface area contributed by atoms with Crippen molar-refractivity contribution in [2.24, 2.45) is 5.73 Å². The highest BCUT2D eigenvalue weighted by Gasteiger charge is 2.30. The molecule has 1 aliphatic rings. The molecule has 0 bridgehead atoms. The van der Waals surface area contributed by atoms with Gasteiger partial charge in [0.25, 0.3) is 5.91 Å². The van der Waals surface area contributed by atoms with Crippen LogP contribution in [0.15, 0.2) is 29.2 Å². The molecule has 0 aliphatic carbocycles. The van der Waals surface area contributed by atoms with Crippen LogP contribution in [0, 0.1) is 0 Å². The predicted octanol–water partition coefficient (Wildman–Crippen LogP) is 1.13. The van der Waals surface area contributed by atoms with Gasteiger partial charge in [-0.2, -0.15) is 8.78 Å². The van der Waals surface area contributed by atoms with Crippen LogP contribution in [-0.4, -0.2) is 38.8 Å². The van der Waals surface area contributed by atoms with Gasteiger partial charge in [0.1, 0.15) is 6.10 Å². The smallest absolute Gasteiger partial charge is 0.341 e. The Labute approximate surface area is 126 Å². The highest BCUT2D eigenvalue weighted by Crippen LogP contribution is 2.23. The highest BCUT2D eigenvalue weighted by molar-refractivity contribution is 7.91. The second-order valence-electron chi connectivity index (χ2n) is 4.88. The highest BCUT2D eigenvalue weighted by atomic mass is 32.2. The molecular formula is C13H16F2N2O4S. The summed E-state index contributed by atoms with van der Waals surface area (Å²) in [5.41, 5.74) is 5.57. The van der Waals surface area contributed by atoms with Crippen LogP contribution in [0.1, 0.15) is 12.8 Å². The van der Waals surface area contributed by atoms with E-state index >= 15 is 0 Å². The molecule has 1 aromatic carbocycles. The van der Waals surface area contributed by atoms with Crippen molar-refractivity contribution in [2.75, 3.05) is 11.9 Å². The zero-order valence-electron chi connectivity index (χ0n) is 11.5. The number of rotatable bonds is 5. The van der Waals surface area contributed by atoms with Crippen LogP contribution < -0.4 is 11.1 Å². The van der Waals surface area contributed by atoms with E-state index in [1.165, 1.54) is 12.1 Å². The average Bonchev–Trinajstić information content (AvgIpc) is 2.96. The van der Waals surface area contributed by atoms with E-state index < -0.39 is 32.5 Å². The third-order valence-electron chi connectivity index (χ3n) is 3.33. The van der Waals surface area contributed by atoms with Crippen molar-refractivity contribution in [2.45, 2.75) is 35.7 Å². The lowest BCUT2D eigenvalue weighted by Gasteiger charge is -2.13. The summed E-state index contributed by atoms with van der Waals surface area (Å²) in [5.74, 6) is -3.97. The fourth-order valence-corrected chi connectivity index (χ4v) is 2.91. The van der Waals surface area contributed by atoms with Crippen LogP contribution >= 0.6 is 0 Å². The van der Waals surface area contributed by atoms with Gasteiger partial charge in [-0.3, -0.25) is 4.79 Å². The Morgan fingerprint density at radius 3 is 2.73 bits per heavy atom. The molecule has 1 fully saturated rings. The Morgan fingerprint density at radius 2 is 2.14 bits per heavy atom. The van der Waals surface area contributed by atoms with E-state index in [9.17, 15) is 22.0 Å². The molecule has 6 nitrogen and oxygen atoms in total. The van der Waals surface area contributed by atoms with Gasteiger partial charge >= 0.3 is 5.76 Å². The first-order valence-corrected chi connectivity index (χ1v) is 8.17. The minimum absolute atomic E-state index is 0.117. The van der Waals surface area contributed by atoms with Gasteiger partial charge in [0.15, 0.2) is 0 Å². The maximum absolute atomic E-state index is 12.5. The van der Waals surface area contributed by atoms with Crippen molar-refractivity contribution >= 4 is 21.4 Å². The topological polar surface area (TPSA) is 98.5 Å². The van der Waals surface area contributed by atoms with E-state index in [4.69, 9.17) is 10.5 Å². The van der Waals surface area contributed by atoms with E-state index in [0.29, 0.717) is 19.4 Å². The van der Waals surface area contributed by atoms with E-state index in [1.54, 1.807) is 0 Å². The summed E-state index contributed by atoms with van der Waals surface area (Å²) in [6.07, 6.45) is 0.308. The Bertz CT molecular complexity index is 651. The van der Waals surface area contributed by atoms with Gasteiger partial charge in [0.05, 0.1) is 11.0 Å². The van der Waals surface area contributed by atoms with Gasteiger partial charge < -0.3 is 15.8 Å². The van der Waals surface area contributed by atoms with Gasteiger partial charge in [-0.15, -0.1) is 0 Å². The Morgan fingerprint density at radius 1 is 1.41 bits per heavy atom. The number of carbonyl (C=O) groups is 1. The molecule has 0 aromatic heterocycles. The predicted molar refractivity (Wildman–Crippen MR) is 75.2 cm³/mol. The van der Waals surface area contributed by atoms with Crippen molar-refractivity contribution in [3.05, 3.63) is 24.3 Å². The largest absolute Gasteiger partial charge is 0.364 e. The first-order valence-electron chi connectivity index (χ1n) is 6.63. The third kappa shape index (κ3) is 3.60. The lowest BCUT2D eigenvalue weighted by atomic mass is 10.2. The summed E-state index contributed by atoms with van der Waals surface area (Å²) in [5, 5.41) is 2.47. The van der Waals surface area contributed by atoms with Crippen LogP contribution in [-0.2, 0) is 19.4 Å². The number of halogens is 2. The normalized spacial score (nSPS) is 22.0. The maximum Gasteiger partial charge on any atom is 0.341 e. The van der Waals surface area contributed by atoms with Crippen LogP contribution in [0.5, 0.6) is 0 Å². The molecule has 2 rings (SSSR count). The van der Waals surface area contributed by atoms with Gasteiger partial charge in [0, 0.05) is 12.2 Å². The number of hydrogen-bond donors (Lipinski definition) is 2. The Balaban J connectivity index is 2.10. The number of sulfone groups is 1. The van der Waals surface area contributed by atoms with Crippen molar-refractivity contribution in [3.63, 3.8) is 0 Å². The molecule has 1 saturated heterocycles. The molecule has 9 heteroatoms. The fraction of sp³-hybridized carbons (Fsp3) is 0.462. The number of anilines is 1. The second-order valence-corrected chi connectivity index (χ2v) is 6.80. The quantitative estimate of drug-likeness (QED) is 0.841. The number of nitrogens with two attached hydrogens (primary N) is 1. The average molecular weight is 334 g/mol. The number of carbonyl (C=O) groups excluding carboxylic acids is 1. The zero-order valence-corrected chi connectivity index (χ0v) is 12.4. The molecular weight excluding hydrogens is 318 g/mol. The number of nitrogens with one attached hydrogen (secondary N) is 1. The lowest BCUT2D eigenvalue weighted by molar-refractivity contribution is -0.126. The molecule has 1 amide bonds. The van der Waals surface area contributed by atoms with Crippen molar-refractivity contribution < 1.29 is 26.7 Å². The van der Waals surface area contributed by atoms with Gasteiger partial charge in [-0.1, -0.05) is 6.07 Å². The van der Waals surface area contributed by atoms with Crippen LogP contribution in [0.2, 0.25) is 0 Å². The van der Waals surface area contributed by atoms with Crippen LogP contribution in [0.25, 0.3) is 0 Å². The first kappa shape index (κ1) is 16.8. The molecule has 0 radical (unpaired) electrons. The molecule has 1 aliphatic heterocycles. The van der Waals surface area contributed by atoms with Crippen LogP contribution in [0.3, 0.4) is 0 Å². The Kier molecular flexibility index (Phi) is 5.09. The fourth-order valence-electron chi connectivity index (χ4n) is 2.15. The third-order valence-corrected chi connectivity index (χ3v) is 4.71. The maximum atomic E-state index is 12.5. The van der Waals surface area contributed by atoms with Crippen LogP contribution in [0.4, 0.5) is 14.5 Å². The SMILES string of the molecule is NC[C@H]1CC[C@@H](C(=O)Nc2cccc(S(=O)(=O)C(F)F)c2)O1. The molecule has 1 aromatic rings. The molecule has 22 heavy (non-hydrogen) atoms. The molecule has 122 valence electrons. The number of alkyl halides is 2. The Hall–Kier alpha value is -1.58. The molecule has 0 unspecified atom stereocenters. The molecule has 2 atom stereocenters. The molecule has 0 saturated carbocycles. The van der Waals surface area contributed by atoms with Gasteiger partial charge in [-0.05, 0) is 31.0 Å². The van der Waals surface area contributed by atoms with Gasteiger partial charge in [0.2, 0.25) is 9.84 Å². The van der Waals surface area contributed by atoms with Gasteiger partial charge in [-0.25, -0.2) is 8.42 Å². The van der Waals surface area contributed by atoms with E-state index in [0.717, 1.165) is 12.1 Å².